The molecule has 0 amide bonds. The molecule has 4 rings (SSSR count). The number of imidazole rings is 1. The molecule has 3 N–H and O–H groups in total. The van der Waals surface area contributed by atoms with Gasteiger partial charge in [0.25, 0.3) is 0 Å². The number of nitrogen functional groups attached to an aromatic ring is 1. The van der Waals surface area contributed by atoms with Gasteiger partial charge in [-0.25, -0.2) is 4.98 Å². The van der Waals surface area contributed by atoms with Crippen LogP contribution in [0, 0.1) is 9.65 Å². The molecule has 1 atom stereocenters. The molecule has 32 heavy (non-hydrogen) atoms. The number of anilines is 1. The van der Waals surface area contributed by atoms with Gasteiger partial charge < -0.3 is 14.9 Å². The summed E-state index contributed by atoms with van der Waals surface area (Å²) in [7, 11) is 0. The van der Waals surface area contributed by atoms with Crippen LogP contribution in [0.15, 0.2) is 12.1 Å². The standard InChI is InChI=1S/C21H24FIN6O2S/c1-21(2,3)32(31)25-6-7-29-16(26-17-18(24)27-20(22)28-19(17)29)10-12-8-13-11(9-14(12)23)4-5-15(13)30/h8-9,25H,4-7,10H2,1-3H3,(H2,24,27,28). The predicted octanol–water partition coefficient (Wildman–Crippen LogP) is 2.92. The second-order valence-corrected chi connectivity index (χ2v) is 11.9. The number of nitrogens with one attached hydrogen (secondary N) is 1. The number of nitrogens with zero attached hydrogens (tertiary/aromatic N) is 4. The summed E-state index contributed by atoms with van der Waals surface area (Å²) >= 11 is 1.01. The molecule has 0 saturated carbocycles. The molecule has 3 aromatic rings. The molecule has 0 spiro atoms. The number of Topliss-reactive ketones (excluding diaryl/α,β-unsaturated/α-hetero) is 1. The summed E-state index contributed by atoms with van der Waals surface area (Å²) in [6.07, 6.45) is 0.797. The first-order valence-electron chi connectivity index (χ1n) is 10.2. The third-order valence-corrected chi connectivity index (χ3v) is 7.92. The van der Waals surface area contributed by atoms with E-state index >= 15 is 0 Å². The summed E-state index contributed by atoms with van der Waals surface area (Å²) in [6.45, 7) is 6.38. The maximum atomic E-state index is 13.9. The Bertz CT molecular complexity index is 1210. The fourth-order valence-electron chi connectivity index (χ4n) is 3.69. The van der Waals surface area contributed by atoms with E-state index in [4.69, 9.17) is 5.73 Å². The number of halogens is 2. The van der Waals surface area contributed by atoms with Crippen LogP contribution in [0.25, 0.3) is 11.2 Å². The van der Waals surface area contributed by atoms with E-state index in [-0.39, 0.29) is 11.6 Å². The van der Waals surface area contributed by atoms with Crippen molar-refractivity contribution in [3.05, 3.63) is 44.3 Å². The molecule has 1 aliphatic carbocycles. The van der Waals surface area contributed by atoms with Crippen molar-refractivity contribution >= 4 is 56.7 Å². The van der Waals surface area contributed by atoms with Crippen molar-refractivity contribution in [1.29, 1.82) is 0 Å². The van der Waals surface area contributed by atoms with Crippen molar-refractivity contribution in [2.75, 3.05) is 12.3 Å². The van der Waals surface area contributed by atoms with Gasteiger partial charge in [-0.05, 0) is 73.0 Å². The lowest BCUT2D eigenvalue weighted by Gasteiger charge is -2.23. The van der Waals surface area contributed by atoms with Crippen LogP contribution in [0.1, 0.15) is 54.5 Å². The Labute approximate surface area is 202 Å². The zero-order valence-electron chi connectivity index (χ0n) is 18.0. The van der Waals surface area contributed by atoms with Gasteiger partial charge in [0.1, 0.15) is 10.6 Å². The monoisotopic (exact) mass is 570 g/mol. The zero-order chi connectivity index (χ0) is 23.2. The van der Waals surface area contributed by atoms with Crippen LogP contribution < -0.4 is 10.5 Å². The summed E-state index contributed by atoms with van der Waals surface area (Å²) in [5.41, 5.74) is 9.31. The fourth-order valence-corrected chi connectivity index (χ4v) is 5.12. The molecular formula is C21H24FIN6O2S. The number of carbonyl (C=O) groups excluding carboxylic acids is 1. The van der Waals surface area contributed by atoms with E-state index in [1.165, 1.54) is 0 Å². The Morgan fingerprint density at radius 1 is 1.28 bits per heavy atom. The lowest BCUT2D eigenvalue weighted by Crippen LogP contribution is -2.40. The highest BCUT2D eigenvalue weighted by atomic mass is 127. The van der Waals surface area contributed by atoms with Gasteiger partial charge >= 0.3 is 6.08 Å². The Hall–Kier alpha value is -1.83. The van der Waals surface area contributed by atoms with Gasteiger partial charge in [0.15, 0.2) is 22.8 Å². The molecule has 0 radical (unpaired) electrons. The molecule has 0 bridgehead atoms. The van der Waals surface area contributed by atoms with Gasteiger partial charge in [-0.15, -0.1) is 4.72 Å². The lowest BCUT2D eigenvalue weighted by atomic mass is 10.0. The first-order chi connectivity index (χ1) is 15.0. The minimum Gasteiger partial charge on any atom is -0.598 e. The number of ketones is 1. The van der Waals surface area contributed by atoms with Crippen molar-refractivity contribution < 1.29 is 13.7 Å². The summed E-state index contributed by atoms with van der Waals surface area (Å²) in [5, 5.41) is 0. The van der Waals surface area contributed by atoms with Gasteiger partial charge in [0.05, 0.1) is 6.54 Å². The normalized spacial score (nSPS) is 14.9. The maximum Gasteiger partial charge on any atom is 0.312 e. The molecule has 1 aromatic carbocycles. The van der Waals surface area contributed by atoms with Crippen molar-refractivity contribution in [3.63, 3.8) is 0 Å². The number of aryl methyl sites for hydroxylation is 1. The van der Waals surface area contributed by atoms with Crippen LogP contribution in [0.4, 0.5) is 10.2 Å². The van der Waals surface area contributed by atoms with Crippen LogP contribution in [-0.4, -0.2) is 41.1 Å². The van der Waals surface area contributed by atoms with Gasteiger partial charge in [-0.1, -0.05) is 0 Å². The average molecular weight is 570 g/mol. The molecular weight excluding hydrogens is 546 g/mol. The van der Waals surface area contributed by atoms with Crippen molar-refractivity contribution in [2.45, 2.75) is 51.3 Å². The number of benzene rings is 1. The topological polar surface area (TPSA) is 122 Å². The number of carbonyl (C=O) groups is 1. The second kappa shape index (κ2) is 8.84. The second-order valence-electron chi connectivity index (χ2n) is 8.71. The average Bonchev–Trinajstić information content (AvgIpc) is 3.22. The quantitative estimate of drug-likeness (QED) is 0.266. The minimum absolute atomic E-state index is 0.0300. The number of hydrogen-bond donors (Lipinski definition) is 2. The predicted molar refractivity (Wildman–Crippen MR) is 130 cm³/mol. The van der Waals surface area contributed by atoms with E-state index < -0.39 is 22.2 Å². The molecule has 2 aromatic heterocycles. The molecule has 0 saturated heterocycles. The Morgan fingerprint density at radius 3 is 2.75 bits per heavy atom. The molecule has 0 aliphatic heterocycles. The van der Waals surface area contributed by atoms with Crippen LogP contribution in [-0.2, 0) is 30.7 Å². The minimum atomic E-state index is -1.25. The number of rotatable bonds is 6. The summed E-state index contributed by atoms with van der Waals surface area (Å²) in [4.78, 5) is 24.3. The molecule has 1 unspecified atom stereocenters. The summed E-state index contributed by atoms with van der Waals surface area (Å²) in [6, 6.07) is 3.98. The van der Waals surface area contributed by atoms with E-state index in [9.17, 15) is 13.7 Å². The highest BCUT2D eigenvalue weighted by Crippen LogP contribution is 2.29. The molecule has 8 nitrogen and oxygen atoms in total. The third-order valence-electron chi connectivity index (χ3n) is 5.34. The van der Waals surface area contributed by atoms with Crippen molar-refractivity contribution in [2.24, 2.45) is 0 Å². The van der Waals surface area contributed by atoms with Crippen LogP contribution in [0.5, 0.6) is 0 Å². The highest BCUT2D eigenvalue weighted by Gasteiger charge is 2.27. The molecule has 1 aliphatic rings. The fraction of sp³-hybridized carbons (Fsp3) is 0.429. The summed E-state index contributed by atoms with van der Waals surface area (Å²) in [5.74, 6) is 0.744. The van der Waals surface area contributed by atoms with E-state index in [1.807, 2.05) is 32.9 Å². The Balaban J connectivity index is 1.70. The lowest BCUT2D eigenvalue weighted by molar-refractivity contribution is 0.0994. The van der Waals surface area contributed by atoms with E-state index in [1.54, 1.807) is 4.57 Å². The number of nitrogens with two attached hydrogens (primary N) is 1. The highest BCUT2D eigenvalue weighted by molar-refractivity contribution is 14.1. The zero-order valence-corrected chi connectivity index (χ0v) is 21.0. The molecule has 0 fully saturated rings. The van der Waals surface area contributed by atoms with Gasteiger partial charge in [0.2, 0.25) is 0 Å². The summed E-state index contributed by atoms with van der Waals surface area (Å²) < 4.78 is 31.7. The Kier molecular flexibility index (Phi) is 6.45. The van der Waals surface area contributed by atoms with Crippen LogP contribution in [0.2, 0.25) is 0 Å². The van der Waals surface area contributed by atoms with Gasteiger partial charge in [-0.2, -0.15) is 14.4 Å². The van der Waals surface area contributed by atoms with Crippen LogP contribution in [0.3, 0.4) is 0 Å². The van der Waals surface area contributed by atoms with Gasteiger partial charge in [0, 0.05) is 39.9 Å². The molecule has 2 heterocycles. The first-order valence-corrected chi connectivity index (χ1v) is 12.5. The Morgan fingerprint density at radius 2 is 2.03 bits per heavy atom. The third kappa shape index (κ3) is 4.61. The van der Waals surface area contributed by atoms with Gasteiger partial charge in [-0.3, -0.25) is 4.79 Å². The van der Waals surface area contributed by atoms with Crippen molar-refractivity contribution in [3.8, 4) is 0 Å². The smallest absolute Gasteiger partial charge is 0.312 e. The van der Waals surface area contributed by atoms with Crippen molar-refractivity contribution in [1.82, 2.24) is 24.2 Å². The molecule has 11 heteroatoms. The SMILES string of the molecule is CC(C)(C)[S+]([O-])NCCn1c(Cc2cc3c(cc2I)CCC3=O)nc2c(N)nc(F)nc21. The molecule has 170 valence electrons. The largest absolute Gasteiger partial charge is 0.598 e. The first kappa shape index (κ1) is 23.3. The number of aromatic nitrogens is 4. The van der Waals surface area contributed by atoms with Crippen LogP contribution >= 0.6 is 22.6 Å². The maximum absolute atomic E-state index is 13.9. The van der Waals surface area contributed by atoms with E-state index in [0.717, 1.165) is 26.7 Å². The number of fused-ring (bicyclic) bond motifs is 2. The van der Waals surface area contributed by atoms with E-state index in [0.29, 0.717) is 42.9 Å². The van der Waals surface area contributed by atoms with E-state index in [2.05, 4.69) is 42.3 Å². The number of hydrogen-bond acceptors (Lipinski definition) is 7.